The molecule has 2 aromatic carbocycles. The fourth-order valence-corrected chi connectivity index (χ4v) is 6.05. The number of hydrogen-bond donors (Lipinski definition) is 3. The lowest BCUT2D eigenvalue weighted by Crippen LogP contribution is -2.76. The van der Waals surface area contributed by atoms with Crippen LogP contribution in [0.2, 0.25) is 0 Å². The molecule has 0 bridgehead atoms. The molecule has 0 radical (unpaired) electrons. The summed E-state index contributed by atoms with van der Waals surface area (Å²) >= 11 is 0. The minimum atomic E-state index is -4.07. The summed E-state index contributed by atoms with van der Waals surface area (Å²) in [5.74, 6) is -1.01. The minimum absolute atomic E-state index is 0.0210. The maximum Gasteiger partial charge on any atom is 0.267 e. The first kappa shape index (κ1) is 24.1. The molecule has 1 fully saturated rings. The Morgan fingerprint density at radius 2 is 1.94 bits per heavy atom. The van der Waals surface area contributed by atoms with Gasteiger partial charge in [-0.2, -0.15) is 0 Å². The van der Waals surface area contributed by atoms with Crippen LogP contribution in [0.4, 0.5) is 4.39 Å². The van der Waals surface area contributed by atoms with E-state index in [1.807, 2.05) is 6.92 Å². The molecule has 1 saturated heterocycles. The summed E-state index contributed by atoms with van der Waals surface area (Å²) in [5.41, 5.74) is 5.95. The van der Waals surface area contributed by atoms with Crippen LogP contribution in [0.1, 0.15) is 31.4 Å². The van der Waals surface area contributed by atoms with Crippen molar-refractivity contribution in [2.24, 2.45) is 5.73 Å². The van der Waals surface area contributed by atoms with E-state index in [2.05, 4.69) is 0 Å². The van der Waals surface area contributed by atoms with Crippen molar-refractivity contribution >= 4 is 15.7 Å². The molecule has 1 amide bonds. The zero-order chi connectivity index (χ0) is 23.7. The monoisotopic (exact) mass is 466 g/mol. The molecule has 2 atom stereocenters. The van der Waals surface area contributed by atoms with Crippen LogP contribution in [0.25, 0.3) is 0 Å². The Labute approximate surface area is 186 Å². The number of hydrogen-bond acceptors (Lipinski definition) is 7. The van der Waals surface area contributed by atoms with Crippen LogP contribution in [0.3, 0.4) is 0 Å². The highest BCUT2D eigenvalue weighted by Crippen LogP contribution is 2.39. The Morgan fingerprint density at radius 3 is 2.56 bits per heavy atom. The lowest BCUT2D eigenvalue weighted by atomic mass is 9.76. The number of amides is 1. The third-order valence-corrected chi connectivity index (χ3v) is 8.34. The molecule has 2 unspecified atom stereocenters. The first-order chi connectivity index (χ1) is 14.9. The van der Waals surface area contributed by atoms with E-state index in [4.69, 9.17) is 15.2 Å². The molecule has 4 N–H and O–H groups in total. The van der Waals surface area contributed by atoms with Gasteiger partial charge in [0.1, 0.15) is 23.7 Å². The summed E-state index contributed by atoms with van der Waals surface area (Å²) in [4.78, 5) is 12.4. The first-order valence-electron chi connectivity index (χ1n) is 10.0. The van der Waals surface area contributed by atoms with Crippen molar-refractivity contribution in [3.63, 3.8) is 0 Å². The molecule has 10 heteroatoms. The summed E-state index contributed by atoms with van der Waals surface area (Å²) in [6, 6.07) is 10.1. The van der Waals surface area contributed by atoms with Gasteiger partial charge in [0.2, 0.25) is 0 Å². The number of halogens is 1. The second-order valence-electron chi connectivity index (χ2n) is 8.32. The number of sulfone groups is 1. The summed E-state index contributed by atoms with van der Waals surface area (Å²) in [7, 11) is -4.07. The first-order valence-corrected chi connectivity index (χ1v) is 11.6. The fourth-order valence-electron chi connectivity index (χ4n) is 3.91. The van der Waals surface area contributed by atoms with Crippen LogP contribution in [-0.2, 0) is 26.0 Å². The van der Waals surface area contributed by atoms with Crippen LogP contribution in [0.5, 0.6) is 5.75 Å². The van der Waals surface area contributed by atoms with Crippen LogP contribution in [0.15, 0.2) is 47.4 Å². The lowest BCUT2D eigenvalue weighted by molar-refractivity contribution is -0.157. The van der Waals surface area contributed by atoms with Gasteiger partial charge in [0.15, 0.2) is 9.84 Å². The highest BCUT2D eigenvalue weighted by molar-refractivity contribution is 7.92. The molecular formula is C22H27FN2O6S. The molecule has 0 saturated carbocycles. The summed E-state index contributed by atoms with van der Waals surface area (Å²) < 4.78 is 51.5. The van der Waals surface area contributed by atoms with E-state index < -0.39 is 32.1 Å². The zero-order valence-corrected chi connectivity index (χ0v) is 18.9. The van der Waals surface area contributed by atoms with E-state index in [-0.39, 0.29) is 30.3 Å². The maximum absolute atomic E-state index is 13.4. The van der Waals surface area contributed by atoms with Crippen molar-refractivity contribution in [1.29, 1.82) is 0 Å². The molecule has 8 nitrogen and oxygen atoms in total. The van der Waals surface area contributed by atoms with Gasteiger partial charge in [-0.15, -0.1) is 0 Å². The molecule has 0 spiro atoms. The smallest absolute Gasteiger partial charge is 0.267 e. The average Bonchev–Trinajstić information content (AvgIpc) is 2.75. The number of aryl methyl sites for hydroxylation is 1. The van der Waals surface area contributed by atoms with E-state index in [1.54, 1.807) is 6.07 Å². The second-order valence-corrected chi connectivity index (χ2v) is 10.5. The Kier molecular flexibility index (Phi) is 6.62. The molecule has 0 aromatic heterocycles. The number of ether oxygens (including phenoxy) is 2. The topological polar surface area (TPSA) is 128 Å². The van der Waals surface area contributed by atoms with E-state index in [1.165, 1.54) is 55.7 Å². The highest BCUT2D eigenvalue weighted by atomic mass is 32.2. The number of rotatable bonds is 6. The van der Waals surface area contributed by atoms with Crippen molar-refractivity contribution in [2.45, 2.75) is 55.1 Å². The predicted molar refractivity (Wildman–Crippen MR) is 114 cm³/mol. The van der Waals surface area contributed by atoms with E-state index in [0.717, 1.165) is 5.56 Å². The number of nitrogens with one attached hydrogen (secondary N) is 1. The number of carbonyl (C=O) groups is 1. The van der Waals surface area contributed by atoms with E-state index in [0.29, 0.717) is 11.3 Å². The number of nitrogens with two attached hydrogens (primary N) is 1. The SMILES string of the molecule is Cc1ccc(F)cc1COc1ccc(S(=O)(=O)C2CCOC(C)(C)C2(N)C(=O)NO)cc1. The molecule has 1 heterocycles. The van der Waals surface area contributed by atoms with Gasteiger partial charge in [0.05, 0.1) is 15.7 Å². The Balaban J connectivity index is 1.85. The molecule has 174 valence electrons. The van der Waals surface area contributed by atoms with Gasteiger partial charge in [-0.3, -0.25) is 10.0 Å². The number of benzene rings is 2. The van der Waals surface area contributed by atoms with Gasteiger partial charge in [-0.1, -0.05) is 6.07 Å². The molecule has 3 rings (SSSR count). The molecule has 1 aliphatic rings. The zero-order valence-electron chi connectivity index (χ0n) is 18.1. The quantitative estimate of drug-likeness (QED) is 0.440. The van der Waals surface area contributed by atoms with Gasteiger partial charge in [-0.25, -0.2) is 18.3 Å². The van der Waals surface area contributed by atoms with Crippen molar-refractivity contribution in [1.82, 2.24) is 5.48 Å². The second kappa shape index (κ2) is 8.78. The fraction of sp³-hybridized carbons (Fsp3) is 0.409. The van der Waals surface area contributed by atoms with Crippen molar-refractivity contribution in [3.05, 3.63) is 59.4 Å². The van der Waals surface area contributed by atoms with Crippen LogP contribution in [0, 0.1) is 12.7 Å². The van der Waals surface area contributed by atoms with Gasteiger partial charge < -0.3 is 15.2 Å². The van der Waals surface area contributed by atoms with Crippen molar-refractivity contribution in [3.8, 4) is 5.75 Å². The summed E-state index contributed by atoms with van der Waals surface area (Å²) in [5, 5.41) is 7.87. The molecular weight excluding hydrogens is 439 g/mol. The molecule has 0 aliphatic carbocycles. The maximum atomic E-state index is 13.4. The van der Waals surface area contributed by atoms with Gasteiger partial charge >= 0.3 is 0 Å². The minimum Gasteiger partial charge on any atom is -0.489 e. The highest BCUT2D eigenvalue weighted by Gasteiger charge is 2.61. The summed E-state index contributed by atoms with van der Waals surface area (Å²) in [6.07, 6.45) is -0.0210. The molecule has 2 aromatic rings. The summed E-state index contributed by atoms with van der Waals surface area (Å²) in [6.45, 7) is 5.06. The van der Waals surface area contributed by atoms with Gasteiger partial charge in [0.25, 0.3) is 5.91 Å². The van der Waals surface area contributed by atoms with E-state index in [9.17, 15) is 22.8 Å². The van der Waals surface area contributed by atoms with Gasteiger partial charge in [0, 0.05) is 6.61 Å². The Hall–Kier alpha value is -2.53. The van der Waals surface area contributed by atoms with Gasteiger partial charge in [-0.05, 0) is 74.7 Å². The standard InChI is InChI=1S/C22H27FN2O6S/c1-14-4-5-16(23)12-15(14)13-30-17-6-8-18(9-7-17)32(28,29)19-10-11-31-21(2,3)22(19,24)20(26)25-27/h4-9,12,19,27H,10-11,13,24H2,1-3H3,(H,25,26). The van der Waals surface area contributed by atoms with Crippen molar-refractivity contribution < 1.29 is 32.3 Å². The number of carbonyl (C=O) groups excluding carboxylic acids is 1. The molecule has 1 aliphatic heterocycles. The average molecular weight is 467 g/mol. The van der Waals surface area contributed by atoms with Crippen LogP contribution in [-0.4, -0.2) is 42.5 Å². The van der Waals surface area contributed by atoms with Crippen molar-refractivity contribution in [2.75, 3.05) is 6.61 Å². The lowest BCUT2D eigenvalue weighted by Gasteiger charge is -2.49. The van der Waals surface area contributed by atoms with Crippen LogP contribution < -0.4 is 16.0 Å². The molecule has 32 heavy (non-hydrogen) atoms. The largest absolute Gasteiger partial charge is 0.489 e. The predicted octanol–water partition coefficient (Wildman–Crippen LogP) is 2.26. The third kappa shape index (κ3) is 4.23. The normalized spacial score (nSPS) is 22.9. The van der Waals surface area contributed by atoms with E-state index >= 15 is 0 Å². The van der Waals surface area contributed by atoms with Crippen LogP contribution >= 0.6 is 0 Å². The Bertz CT molecular complexity index is 1100. The third-order valence-electron chi connectivity index (χ3n) is 6.06. The Morgan fingerprint density at radius 1 is 1.28 bits per heavy atom. The number of hydroxylamine groups is 1.